The molecule has 0 aromatic rings. The van der Waals surface area contributed by atoms with Crippen LogP contribution in [0.25, 0.3) is 0 Å². The highest BCUT2D eigenvalue weighted by Crippen LogP contribution is 2.58. The Hall–Kier alpha value is -0.0800. The minimum Gasteiger partial charge on any atom is -0.381 e. The van der Waals surface area contributed by atoms with Gasteiger partial charge in [-0.1, -0.05) is 6.92 Å². The van der Waals surface area contributed by atoms with Crippen molar-refractivity contribution >= 4 is 0 Å². The summed E-state index contributed by atoms with van der Waals surface area (Å²) >= 11 is 0. The van der Waals surface area contributed by atoms with E-state index in [1.54, 1.807) is 0 Å². The van der Waals surface area contributed by atoms with E-state index in [0.29, 0.717) is 5.41 Å². The Morgan fingerprint density at radius 3 is 3.14 bits per heavy atom. The summed E-state index contributed by atoms with van der Waals surface area (Å²) in [5.74, 6) is 0.954. The SMILES string of the molecule is CCCNCC1CC12CCCOCC2. The monoisotopic (exact) mass is 197 g/mol. The topological polar surface area (TPSA) is 21.3 Å². The van der Waals surface area contributed by atoms with Crippen LogP contribution in [0.2, 0.25) is 0 Å². The Kier molecular flexibility index (Phi) is 3.45. The molecule has 2 unspecified atom stereocenters. The lowest BCUT2D eigenvalue weighted by atomic mass is 9.94. The Morgan fingerprint density at radius 2 is 2.29 bits per heavy atom. The molecule has 0 bridgehead atoms. The van der Waals surface area contributed by atoms with Crippen LogP contribution in [-0.2, 0) is 4.74 Å². The summed E-state index contributed by atoms with van der Waals surface area (Å²) in [5.41, 5.74) is 0.692. The van der Waals surface area contributed by atoms with Gasteiger partial charge >= 0.3 is 0 Å². The van der Waals surface area contributed by atoms with Crippen molar-refractivity contribution in [3.63, 3.8) is 0 Å². The first-order valence-corrected chi connectivity index (χ1v) is 6.16. The van der Waals surface area contributed by atoms with Crippen molar-refractivity contribution in [2.75, 3.05) is 26.3 Å². The van der Waals surface area contributed by atoms with Crippen LogP contribution >= 0.6 is 0 Å². The first kappa shape index (κ1) is 10.4. The zero-order valence-electron chi connectivity index (χ0n) is 9.35. The third-order valence-corrected chi connectivity index (χ3v) is 3.88. The molecule has 2 nitrogen and oxygen atoms in total. The molecule has 2 aliphatic rings. The Labute approximate surface area is 87.4 Å². The molecule has 0 aromatic carbocycles. The summed E-state index contributed by atoms with van der Waals surface area (Å²) in [6, 6.07) is 0. The first-order chi connectivity index (χ1) is 6.87. The Balaban J connectivity index is 1.71. The minimum atomic E-state index is 0.692. The van der Waals surface area contributed by atoms with Gasteiger partial charge in [0.25, 0.3) is 0 Å². The molecule has 1 aliphatic heterocycles. The van der Waals surface area contributed by atoms with E-state index in [4.69, 9.17) is 4.74 Å². The molecule has 1 N–H and O–H groups in total. The van der Waals surface area contributed by atoms with Crippen LogP contribution in [0.5, 0.6) is 0 Å². The fourth-order valence-corrected chi connectivity index (χ4v) is 2.81. The number of hydrogen-bond donors (Lipinski definition) is 1. The number of rotatable bonds is 4. The van der Waals surface area contributed by atoms with Crippen LogP contribution in [0.3, 0.4) is 0 Å². The average Bonchev–Trinajstić information content (AvgIpc) is 2.92. The molecule has 2 rings (SSSR count). The fraction of sp³-hybridized carbons (Fsp3) is 1.00. The van der Waals surface area contributed by atoms with Crippen molar-refractivity contribution in [1.82, 2.24) is 5.32 Å². The van der Waals surface area contributed by atoms with E-state index in [1.807, 2.05) is 0 Å². The molecule has 1 saturated heterocycles. The maximum Gasteiger partial charge on any atom is 0.0471 e. The molecule has 2 atom stereocenters. The number of nitrogens with one attached hydrogen (secondary N) is 1. The molecule has 0 amide bonds. The smallest absolute Gasteiger partial charge is 0.0471 e. The molecule has 2 heteroatoms. The first-order valence-electron chi connectivity index (χ1n) is 6.16. The maximum atomic E-state index is 5.52. The highest BCUT2D eigenvalue weighted by atomic mass is 16.5. The lowest BCUT2D eigenvalue weighted by molar-refractivity contribution is 0.139. The van der Waals surface area contributed by atoms with Crippen LogP contribution in [0.4, 0.5) is 0 Å². The average molecular weight is 197 g/mol. The Bertz CT molecular complexity index is 173. The molecule has 0 radical (unpaired) electrons. The Morgan fingerprint density at radius 1 is 1.36 bits per heavy atom. The predicted octanol–water partition coefficient (Wildman–Crippen LogP) is 2.19. The second-order valence-corrected chi connectivity index (χ2v) is 4.93. The summed E-state index contributed by atoms with van der Waals surface area (Å²) in [7, 11) is 0. The van der Waals surface area contributed by atoms with Crippen LogP contribution in [0.15, 0.2) is 0 Å². The summed E-state index contributed by atoms with van der Waals surface area (Å²) in [6.45, 7) is 6.66. The van der Waals surface area contributed by atoms with Gasteiger partial charge in [-0.15, -0.1) is 0 Å². The molecule has 0 aromatic heterocycles. The highest BCUT2D eigenvalue weighted by Gasteiger charge is 2.52. The molecule has 1 heterocycles. The van der Waals surface area contributed by atoms with Crippen LogP contribution in [0, 0.1) is 11.3 Å². The lowest BCUT2D eigenvalue weighted by Crippen LogP contribution is -2.20. The minimum absolute atomic E-state index is 0.692. The van der Waals surface area contributed by atoms with Crippen LogP contribution < -0.4 is 5.32 Å². The second-order valence-electron chi connectivity index (χ2n) is 4.93. The molecule has 14 heavy (non-hydrogen) atoms. The predicted molar refractivity (Wildman–Crippen MR) is 58.4 cm³/mol. The summed E-state index contributed by atoms with van der Waals surface area (Å²) in [6.07, 6.45) is 6.71. The number of hydrogen-bond acceptors (Lipinski definition) is 2. The van der Waals surface area contributed by atoms with Gasteiger partial charge in [-0.05, 0) is 56.5 Å². The van der Waals surface area contributed by atoms with E-state index in [1.165, 1.54) is 45.2 Å². The quantitative estimate of drug-likeness (QED) is 0.698. The van der Waals surface area contributed by atoms with E-state index in [2.05, 4.69) is 12.2 Å². The van der Waals surface area contributed by atoms with E-state index >= 15 is 0 Å². The normalized spacial score (nSPS) is 37.1. The van der Waals surface area contributed by atoms with Crippen molar-refractivity contribution in [1.29, 1.82) is 0 Å². The van der Waals surface area contributed by atoms with E-state index in [0.717, 1.165) is 19.1 Å². The van der Waals surface area contributed by atoms with Crippen molar-refractivity contribution in [2.45, 2.75) is 39.0 Å². The van der Waals surface area contributed by atoms with Gasteiger partial charge in [-0.2, -0.15) is 0 Å². The molecular formula is C12H23NO. The zero-order chi connectivity index (χ0) is 9.86. The lowest BCUT2D eigenvalue weighted by Gasteiger charge is -2.13. The van der Waals surface area contributed by atoms with Gasteiger partial charge in [-0.25, -0.2) is 0 Å². The van der Waals surface area contributed by atoms with Gasteiger partial charge in [0.1, 0.15) is 0 Å². The maximum absolute atomic E-state index is 5.52. The number of ether oxygens (including phenoxy) is 1. The van der Waals surface area contributed by atoms with Crippen LogP contribution in [0.1, 0.15) is 39.0 Å². The van der Waals surface area contributed by atoms with Crippen LogP contribution in [-0.4, -0.2) is 26.3 Å². The van der Waals surface area contributed by atoms with Crippen molar-refractivity contribution in [3.05, 3.63) is 0 Å². The zero-order valence-corrected chi connectivity index (χ0v) is 9.35. The van der Waals surface area contributed by atoms with Crippen molar-refractivity contribution in [2.24, 2.45) is 11.3 Å². The van der Waals surface area contributed by atoms with Crippen molar-refractivity contribution < 1.29 is 4.74 Å². The summed E-state index contributed by atoms with van der Waals surface area (Å²) in [4.78, 5) is 0. The van der Waals surface area contributed by atoms with Gasteiger partial charge in [0.2, 0.25) is 0 Å². The molecule has 1 spiro atoms. The fourth-order valence-electron chi connectivity index (χ4n) is 2.81. The molecule has 1 aliphatic carbocycles. The largest absolute Gasteiger partial charge is 0.381 e. The van der Waals surface area contributed by atoms with Gasteiger partial charge in [0.15, 0.2) is 0 Å². The molecule has 1 saturated carbocycles. The standard InChI is InChI=1S/C12H23NO/c1-2-6-13-10-11-9-12(11)4-3-7-14-8-5-12/h11,13H,2-10H2,1H3. The summed E-state index contributed by atoms with van der Waals surface area (Å²) in [5, 5.41) is 3.55. The van der Waals surface area contributed by atoms with Gasteiger partial charge in [0, 0.05) is 13.2 Å². The summed E-state index contributed by atoms with van der Waals surface area (Å²) < 4.78 is 5.52. The molecule has 2 fully saturated rings. The molecular weight excluding hydrogens is 174 g/mol. The third kappa shape index (κ3) is 2.29. The third-order valence-electron chi connectivity index (χ3n) is 3.88. The highest BCUT2D eigenvalue weighted by molar-refractivity contribution is 5.03. The molecule has 82 valence electrons. The van der Waals surface area contributed by atoms with E-state index in [9.17, 15) is 0 Å². The van der Waals surface area contributed by atoms with Gasteiger partial charge in [-0.3, -0.25) is 0 Å². The second kappa shape index (κ2) is 4.63. The van der Waals surface area contributed by atoms with Gasteiger partial charge in [0.05, 0.1) is 0 Å². The van der Waals surface area contributed by atoms with Gasteiger partial charge < -0.3 is 10.1 Å². The van der Waals surface area contributed by atoms with E-state index in [-0.39, 0.29) is 0 Å². The van der Waals surface area contributed by atoms with Crippen molar-refractivity contribution in [3.8, 4) is 0 Å². The van der Waals surface area contributed by atoms with E-state index < -0.39 is 0 Å².